The minimum absolute atomic E-state index is 0.00400. The molecule has 0 aliphatic heterocycles. The van der Waals surface area contributed by atoms with Crippen LogP contribution in [0.25, 0.3) is 0 Å². The van der Waals surface area contributed by atoms with E-state index >= 15 is 0 Å². The van der Waals surface area contributed by atoms with Crippen LogP contribution in [0.4, 0.5) is 0 Å². The van der Waals surface area contributed by atoms with E-state index in [0.717, 1.165) is 15.6 Å². The van der Waals surface area contributed by atoms with Crippen molar-refractivity contribution in [2.75, 3.05) is 7.05 Å². The molecule has 0 bridgehead atoms. The van der Waals surface area contributed by atoms with Gasteiger partial charge in [0.25, 0.3) is 5.91 Å². The van der Waals surface area contributed by atoms with Crippen molar-refractivity contribution in [3.05, 3.63) is 63.1 Å². The van der Waals surface area contributed by atoms with Gasteiger partial charge in [0.1, 0.15) is 5.75 Å². The van der Waals surface area contributed by atoms with Crippen LogP contribution in [0.2, 0.25) is 0 Å². The standard InChI is InChI=1S/C17H18BrNO2/c1-11-4-5-13(12(2)8-11)10-19(3)17(21)15-9-14(18)6-7-16(15)20/h4-9,20H,10H2,1-3H3. The molecule has 1 amide bonds. The summed E-state index contributed by atoms with van der Waals surface area (Å²) in [6, 6.07) is 11.0. The number of hydrogen-bond acceptors (Lipinski definition) is 2. The van der Waals surface area contributed by atoms with Crippen molar-refractivity contribution in [1.82, 2.24) is 4.90 Å². The molecule has 2 rings (SSSR count). The monoisotopic (exact) mass is 347 g/mol. The van der Waals surface area contributed by atoms with Crippen LogP contribution in [-0.4, -0.2) is 23.0 Å². The molecule has 2 aromatic rings. The van der Waals surface area contributed by atoms with E-state index in [2.05, 4.69) is 22.0 Å². The predicted octanol–water partition coefficient (Wildman–Crippen LogP) is 4.04. The Hall–Kier alpha value is -1.81. The van der Waals surface area contributed by atoms with Crippen LogP contribution in [-0.2, 0) is 6.54 Å². The van der Waals surface area contributed by atoms with Crippen molar-refractivity contribution in [2.45, 2.75) is 20.4 Å². The van der Waals surface area contributed by atoms with E-state index in [1.54, 1.807) is 24.1 Å². The van der Waals surface area contributed by atoms with Crippen molar-refractivity contribution < 1.29 is 9.90 Å². The summed E-state index contributed by atoms with van der Waals surface area (Å²) in [5.41, 5.74) is 3.77. The molecule has 0 aliphatic rings. The lowest BCUT2D eigenvalue weighted by molar-refractivity contribution is 0.0782. The first-order valence-electron chi connectivity index (χ1n) is 6.68. The molecule has 0 saturated carbocycles. The van der Waals surface area contributed by atoms with E-state index in [9.17, 15) is 9.90 Å². The molecular weight excluding hydrogens is 330 g/mol. The summed E-state index contributed by atoms with van der Waals surface area (Å²) in [5.74, 6) is -0.204. The molecule has 0 heterocycles. The number of carbonyl (C=O) groups excluding carboxylic acids is 1. The number of hydrogen-bond donors (Lipinski definition) is 1. The summed E-state index contributed by atoms with van der Waals surface area (Å²) in [5, 5.41) is 9.84. The number of aromatic hydroxyl groups is 1. The Morgan fingerprint density at radius 1 is 1.19 bits per heavy atom. The highest BCUT2D eigenvalue weighted by Crippen LogP contribution is 2.24. The lowest BCUT2D eigenvalue weighted by Crippen LogP contribution is -2.26. The van der Waals surface area contributed by atoms with E-state index in [4.69, 9.17) is 0 Å². The number of phenolic OH excluding ortho intramolecular Hbond substituents is 1. The molecule has 2 aromatic carbocycles. The van der Waals surface area contributed by atoms with Gasteiger partial charge in [0.15, 0.2) is 0 Å². The van der Waals surface area contributed by atoms with Gasteiger partial charge in [-0.3, -0.25) is 4.79 Å². The van der Waals surface area contributed by atoms with Crippen LogP contribution in [0, 0.1) is 13.8 Å². The molecular formula is C17H18BrNO2. The molecule has 21 heavy (non-hydrogen) atoms. The quantitative estimate of drug-likeness (QED) is 0.909. The zero-order valence-electron chi connectivity index (χ0n) is 12.4. The van der Waals surface area contributed by atoms with Gasteiger partial charge in [-0.05, 0) is 43.2 Å². The smallest absolute Gasteiger partial charge is 0.257 e. The van der Waals surface area contributed by atoms with Crippen LogP contribution in [0.15, 0.2) is 40.9 Å². The largest absolute Gasteiger partial charge is 0.507 e. The average molecular weight is 348 g/mol. The highest BCUT2D eigenvalue weighted by atomic mass is 79.9. The fourth-order valence-corrected chi connectivity index (χ4v) is 2.60. The molecule has 1 N–H and O–H groups in total. The molecule has 0 fully saturated rings. The fraction of sp³-hybridized carbons (Fsp3) is 0.235. The molecule has 0 atom stereocenters. The second-order valence-corrected chi connectivity index (χ2v) is 6.17. The molecule has 0 unspecified atom stereocenters. The number of rotatable bonds is 3. The Balaban J connectivity index is 2.21. The van der Waals surface area contributed by atoms with E-state index in [1.165, 1.54) is 11.6 Å². The maximum Gasteiger partial charge on any atom is 0.257 e. The van der Waals surface area contributed by atoms with Gasteiger partial charge in [0, 0.05) is 18.1 Å². The van der Waals surface area contributed by atoms with Gasteiger partial charge in [0.2, 0.25) is 0 Å². The zero-order chi connectivity index (χ0) is 15.6. The molecule has 3 nitrogen and oxygen atoms in total. The highest BCUT2D eigenvalue weighted by molar-refractivity contribution is 9.10. The third-order valence-electron chi connectivity index (χ3n) is 3.44. The van der Waals surface area contributed by atoms with E-state index in [0.29, 0.717) is 12.1 Å². The number of amides is 1. The Bertz CT molecular complexity index is 682. The van der Waals surface area contributed by atoms with Crippen LogP contribution >= 0.6 is 15.9 Å². The summed E-state index contributed by atoms with van der Waals surface area (Å²) in [6.45, 7) is 4.60. The average Bonchev–Trinajstić information content (AvgIpc) is 2.43. The first-order valence-corrected chi connectivity index (χ1v) is 7.48. The van der Waals surface area contributed by atoms with Crippen molar-refractivity contribution in [2.24, 2.45) is 0 Å². The lowest BCUT2D eigenvalue weighted by atomic mass is 10.1. The summed E-state index contributed by atoms with van der Waals surface area (Å²) in [7, 11) is 1.74. The SMILES string of the molecule is Cc1ccc(CN(C)C(=O)c2cc(Br)ccc2O)c(C)c1. The molecule has 0 aliphatic carbocycles. The van der Waals surface area contributed by atoms with Crippen LogP contribution in [0.5, 0.6) is 5.75 Å². The first kappa shape index (κ1) is 15.6. The number of nitrogens with zero attached hydrogens (tertiary/aromatic N) is 1. The van der Waals surface area contributed by atoms with Crippen LogP contribution in [0.3, 0.4) is 0 Å². The Morgan fingerprint density at radius 3 is 2.57 bits per heavy atom. The van der Waals surface area contributed by atoms with E-state index in [-0.39, 0.29) is 11.7 Å². The number of carbonyl (C=O) groups is 1. The van der Waals surface area contributed by atoms with E-state index < -0.39 is 0 Å². The van der Waals surface area contributed by atoms with Gasteiger partial charge >= 0.3 is 0 Å². The second-order valence-electron chi connectivity index (χ2n) is 5.25. The minimum Gasteiger partial charge on any atom is -0.507 e. The Kier molecular flexibility index (Phi) is 4.68. The second kappa shape index (κ2) is 6.31. The van der Waals surface area contributed by atoms with Crippen molar-refractivity contribution in [1.29, 1.82) is 0 Å². The molecule has 0 saturated heterocycles. The van der Waals surface area contributed by atoms with Crippen molar-refractivity contribution in [3.8, 4) is 5.75 Å². The third kappa shape index (κ3) is 3.64. The number of aryl methyl sites for hydroxylation is 2. The number of benzene rings is 2. The summed E-state index contributed by atoms with van der Waals surface area (Å²) < 4.78 is 0.767. The van der Waals surface area contributed by atoms with Gasteiger partial charge in [-0.25, -0.2) is 0 Å². The summed E-state index contributed by atoms with van der Waals surface area (Å²) in [6.07, 6.45) is 0. The lowest BCUT2D eigenvalue weighted by Gasteiger charge is -2.19. The van der Waals surface area contributed by atoms with Gasteiger partial charge in [-0.15, -0.1) is 0 Å². The molecule has 110 valence electrons. The Morgan fingerprint density at radius 2 is 1.90 bits per heavy atom. The fourth-order valence-electron chi connectivity index (χ4n) is 2.24. The van der Waals surface area contributed by atoms with E-state index in [1.807, 2.05) is 26.0 Å². The third-order valence-corrected chi connectivity index (χ3v) is 3.93. The zero-order valence-corrected chi connectivity index (χ0v) is 13.9. The first-order chi connectivity index (χ1) is 9.88. The Labute approximate surface area is 133 Å². The number of halogens is 1. The van der Waals surface area contributed by atoms with Gasteiger partial charge < -0.3 is 10.0 Å². The minimum atomic E-state index is -0.200. The molecule has 0 spiro atoms. The molecule has 0 aromatic heterocycles. The number of phenols is 1. The molecule has 0 radical (unpaired) electrons. The van der Waals surface area contributed by atoms with Gasteiger partial charge in [-0.2, -0.15) is 0 Å². The summed E-state index contributed by atoms with van der Waals surface area (Å²) in [4.78, 5) is 14.1. The van der Waals surface area contributed by atoms with Crippen LogP contribution < -0.4 is 0 Å². The predicted molar refractivity (Wildman–Crippen MR) is 87.5 cm³/mol. The van der Waals surface area contributed by atoms with Crippen molar-refractivity contribution in [3.63, 3.8) is 0 Å². The molecule has 4 heteroatoms. The summed E-state index contributed by atoms with van der Waals surface area (Å²) >= 11 is 3.32. The van der Waals surface area contributed by atoms with Gasteiger partial charge in [0.05, 0.1) is 5.56 Å². The normalized spacial score (nSPS) is 10.5. The van der Waals surface area contributed by atoms with Crippen LogP contribution in [0.1, 0.15) is 27.0 Å². The maximum atomic E-state index is 12.4. The topological polar surface area (TPSA) is 40.5 Å². The maximum absolute atomic E-state index is 12.4. The highest BCUT2D eigenvalue weighted by Gasteiger charge is 2.17. The van der Waals surface area contributed by atoms with Gasteiger partial charge in [-0.1, -0.05) is 39.7 Å². The van der Waals surface area contributed by atoms with Crippen molar-refractivity contribution >= 4 is 21.8 Å².